The SMILES string of the molecule is CO[C@H](C[C@H](CCCCN[C@@H](c1ccc(F)cn1)C(C)C)C(=O)NO)c1ccc(F)cc1. The number of methoxy groups -OCH3 is 1. The van der Waals surface area contributed by atoms with Crippen LogP contribution in [0.5, 0.6) is 0 Å². The zero-order valence-electron chi connectivity index (χ0n) is 18.9. The van der Waals surface area contributed by atoms with Gasteiger partial charge in [-0.3, -0.25) is 15.0 Å². The summed E-state index contributed by atoms with van der Waals surface area (Å²) in [6, 6.07) is 9.08. The van der Waals surface area contributed by atoms with Crippen LogP contribution in [0, 0.1) is 23.5 Å². The molecule has 0 radical (unpaired) electrons. The number of hydrogen-bond acceptors (Lipinski definition) is 5. The van der Waals surface area contributed by atoms with Crippen molar-refractivity contribution in [3.8, 4) is 0 Å². The van der Waals surface area contributed by atoms with Crippen LogP contribution in [0.3, 0.4) is 0 Å². The number of hydroxylamine groups is 1. The molecule has 1 aromatic heterocycles. The van der Waals surface area contributed by atoms with Crippen molar-refractivity contribution in [2.24, 2.45) is 11.8 Å². The lowest BCUT2D eigenvalue weighted by Crippen LogP contribution is -2.30. The van der Waals surface area contributed by atoms with Crippen LogP contribution in [0.2, 0.25) is 0 Å². The molecule has 0 aliphatic rings. The number of nitrogens with one attached hydrogen (secondary N) is 2. The second-order valence-electron chi connectivity index (χ2n) is 8.26. The molecule has 176 valence electrons. The molecule has 1 heterocycles. The summed E-state index contributed by atoms with van der Waals surface area (Å²) in [5.74, 6) is -1.33. The molecule has 3 N–H and O–H groups in total. The number of aromatic nitrogens is 1. The van der Waals surface area contributed by atoms with Crippen molar-refractivity contribution in [2.45, 2.75) is 51.7 Å². The number of benzene rings is 1. The van der Waals surface area contributed by atoms with Crippen molar-refractivity contribution in [3.05, 3.63) is 65.5 Å². The standard InChI is InChI=1S/C24H33F2N3O3/c1-16(2)23(21-12-11-20(26)15-28-21)27-13-5-4-6-18(24(30)29-31)14-22(32-3)17-7-9-19(25)10-8-17/h7-12,15-16,18,22-23,27,31H,4-6,13-14H2,1-3H3,(H,29,30)/t18-,22+,23+/m0/s1. The third kappa shape index (κ3) is 7.93. The van der Waals surface area contributed by atoms with Gasteiger partial charge in [-0.15, -0.1) is 0 Å². The molecule has 1 amide bonds. The highest BCUT2D eigenvalue weighted by Crippen LogP contribution is 2.28. The maximum Gasteiger partial charge on any atom is 0.246 e. The van der Waals surface area contributed by atoms with Gasteiger partial charge in [0.1, 0.15) is 11.6 Å². The van der Waals surface area contributed by atoms with Gasteiger partial charge in [0.05, 0.1) is 24.0 Å². The van der Waals surface area contributed by atoms with Crippen molar-refractivity contribution in [3.63, 3.8) is 0 Å². The van der Waals surface area contributed by atoms with Crippen molar-refractivity contribution in [1.29, 1.82) is 0 Å². The van der Waals surface area contributed by atoms with E-state index in [0.29, 0.717) is 19.4 Å². The Kier molecular flexibility index (Phi) is 10.7. The van der Waals surface area contributed by atoms with Crippen molar-refractivity contribution >= 4 is 5.91 Å². The van der Waals surface area contributed by atoms with Crippen LogP contribution in [-0.2, 0) is 9.53 Å². The molecule has 1 aromatic carbocycles. The van der Waals surface area contributed by atoms with Crippen LogP contribution in [0.4, 0.5) is 8.78 Å². The third-order valence-corrected chi connectivity index (χ3v) is 5.59. The van der Waals surface area contributed by atoms with Crippen LogP contribution >= 0.6 is 0 Å². The van der Waals surface area contributed by atoms with E-state index in [0.717, 1.165) is 24.1 Å². The first-order chi connectivity index (χ1) is 15.3. The van der Waals surface area contributed by atoms with E-state index in [1.54, 1.807) is 30.8 Å². The quantitative estimate of drug-likeness (QED) is 0.234. The predicted octanol–water partition coefficient (Wildman–Crippen LogP) is 4.72. The van der Waals surface area contributed by atoms with Gasteiger partial charge < -0.3 is 10.1 Å². The number of nitrogens with zero attached hydrogens (tertiary/aromatic N) is 1. The van der Waals surface area contributed by atoms with E-state index in [-0.39, 0.29) is 29.7 Å². The number of carbonyl (C=O) groups is 1. The molecule has 0 saturated heterocycles. The molecule has 0 saturated carbocycles. The molecule has 32 heavy (non-hydrogen) atoms. The van der Waals surface area contributed by atoms with E-state index in [4.69, 9.17) is 9.94 Å². The van der Waals surface area contributed by atoms with Crippen LogP contribution in [0.1, 0.15) is 62.9 Å². The number of pyridine rings is 1. The summed E-state index contributed by atoms with van der Waals surface area (Å²) in [7, 11) is 1.54. The fraction of sp³-hybridized carbons (Fsp3) is 0.500. The minimum Gasteiger partial charge on any atom is -0.377 e. The Labute approximate surface area is 188 Å². The lowest BCUT2D eigenvalue weighted by molar-refractivity contribution is -0.135. The fourth-order valence-corrected chi connectivity index (χ4v) is 3.78. The minimum atomic E-state index is -0.460. The van der Waals surface area contributed by atoms with E-state index in [1.807, 2.05) is 0 Å². The minimum absolute atomic E-state index is 0.00323. The van der Waals surface area contributed by atoms with Gasteiger partial charge in [-0.1, -0.05) is 32.4 Å². The highest BCUT2D eigenvalue weighted by atomic mass is 19.1. The van der Waals surface area contributed by atoms with Crippen LogP contribution < -0.4 is 10.8 Å². The summed E-state index contributed by atoms with van der Waals surface area (Å²) in [6.45, 7) is 4.86. The molecule has 8 heteroatoms. The molecule has 0 unspecified atom stereocenters. The van der Waals surface area contributed by atoms with Gasteiger partial charge in [-0.05, 0) is 61.6 Å². The Balaban J connectivity index is 1.88. The summed E-state index contributed by atoms with van der Waals surface area (Å²) >= 11 is 0. The zero-order valence-corrected chi connectivity index (χ0v) is 18.9. The lowest BCUT2D eigenvalue weighted by atomic mass is 9.91. The zero-order chi connectivity index (χ0) is 23.5. The molecule has 0 aliphatic carbocycles. The Bertz CT molecular complexity index is 816. The lowest BCUT2D eigenvalue weighted by Gasteiger charge is -2.23. The monoisotopic (exact) mass is 449 g/mol. The molecule has 0 fully saturated rings. The van der Waals surface area contributed by atoms with Crippen LogP contribution in [-0.4, -0.2) is 29.8 Å². The van der Waals surface area contributed by atoms with Gasteiger partial charge >= 0.3 is 0 Å². The molecular weight excluding hydrogens is 416 g/mol. The van der Waals surface area contributed by atoms with Gasteiger partial charge in [0, 0.05) is 13.0 Å². The summed E-state index contributed by atoms with van der Waals surface area (Å²) < 4.78 is 31.9. The molecule has 2 rings (SSSR count). The average molecular weight is 450 g/mol. The summed E-state index contributed by atoms with van der Waals surface area (Å²) in [5, 5.41) is 12.6. The normalized spacial score (nSPS) is 14.2. The third-order valence-electron chi connectivity index (χ3n) is 5.59. The van der Waals surface area contributed by atoms with Gasteiger partial charge in [0.25, 0.3) is 0 Å². The molecule has 0 aliphatic heterocycles. The smallest absolute Gasteiger partial charge is 0.246 e. The Hall–Kier alpha value is -2.42. The molecule has 3 atom stereocenters. The number of halogens is 2. The van der Waals surface area contributed by atoms with Crippen molar-refractivity contribution < 1.29 is 23.5 Å². The Morgan fingerprint density at radius 1 is 1.09 bits per heavy atom. The first-order valence-electron chi connectivity index (χ1n) is 10.9. The molecule has 6 nitrogen and oxygen atoms in total. The second kappa shape index (κ2) is 13.2. The summed E-state index contributed by atoms with van der Waals surface area (Å²) in [5.41, 5.74) is 3.31. The maximum absolute atomic E-state index is 13.2. The molecule has 0 spiro atoms. The van der Waals surface area contributed by atoms with Gasteiger partial charge in [0.2, 0.25) is 5.91 Å². The van der Waals surface area contributed by atoms with Crippen LogP contribution in [0.15, 0.2) is 42.6 Å². The molecule has 2 aromatic rings. The second-order valence-corrected chi connectivity index (χ2v) is 8.26. The number of rotatable bonds is 13. The maximum atomic E-state index is 13.2. The summed E-state index contributed by atoms with van der Waals surface area (Å²) in [6.07, 6.45) is 3.34. The topological polar surface area (TPSA) is 83.5 Å². The number of amides is 1. The Morgan fingerprint density at radius 2 is 1.78 bits per heavy atom. The number of ether oxygens (including phenoxy) is 1. The molecular formula is C24H33F2N3O3. The highest BCUT2D eigenvalue weighted by molar-refractivity contribution is 5.77. The Morgan fingerprint density at radius 3 is 2.34 bits per heavy atom. The van der Waals surface area contributed by atoms with E-state index < -0.39 is 11.8 Å². The fourth-order valence-electron chi connectivity index (χ4n) is 3.78. The van der Waals surface area contributed by atoms with E-state index >= 15 is 0 Å². The van der Waals surface area contributed by atoms with Crippen molar-refractivity contribution in [1.82, 2.24) is 15.8 Å². The van der Waals surface area contributed by atoms with E-state index in [1.165, 1.54) is 24.4 Å². The summed E-state index contributed by atoms with van der Waals surface area (Å²) in [4.78, 5) is 16.4. The first-order valence-corrected chi connectivity index (χ1v) is 10.9. The highest BCUT2D eigenvalue weighted by Gasteiger charge is 2.24. The largest absolute Gasteiger partial charge is 0.377 e. The van der Waals surface area contributed by atoms with Gasteiger partial charge in [0.15, 0.2) is 0 Å². The van der Waals surface area contributed by atoms with Crippen molar-refractivity contribution in [2.75, 3.05) is 13.7 Å². The first kappa shape index (κ1) is 25.8. The number of unbranched alkanes of at least 4 members (excludes halogenated alkanes) is 1. The number of carbonyl (C=O) groups excluding carboxylic acids is 1. The van der Waals surface area contributed by atoms with Crippen LogP contribution in [0.25, 0.3) is 0 Å². The average Bonchev–Trinajstić information content (AvgIpc) is 2.79. The predicted molar refractivity (Wildman–Crippen MR) is 118 cm³/mol. The van der Waals surface area contributed by atoms with E-state index in [9.17, 15) is 13.6 Å². The molecule has 0 bridgehead atoms. The van der Waals surface area contributed by atoms with Gasteiger partial charge in [-0.2, -0.15) is 0 Å². The van der Waals surface area contributed by atoms with E-state index in [2.05, 4.69) is 24.1 Å². The number of hydrogen-bond donors (Lipinski definition) is 3. The van der Waals surface area contributed by atoms with Gasteiger partial charge in [-0.25, -0.2) is 14.3 Å².